The van der Waals surface area contributed by atoms with E-state index in [0.29, 0.717) is 5.02 Å². The second kappa shape index (κ2) is 3.67. The predicted octanol–water partition coefficient (Wildman–Crippen LogP) is 3.29. The number of halogens is 3. The van der Waals surface area contributed by atoms with E-state index in [1.54, 1.807) is 6.07 Å². The molecule has 1 aromatic heterocycles. The van der Waals surface area contributed by atoms with Crippen LogP contribution in [0.4, 0.5) is 4.39 Å². The largest absolute Gasteiger partial charge is 0.411 e. The van der Waals surface area contributed by atoms with E-state index in [-0.39, 0.29) is 16.3 Å². The minimum absolute atomic E-state index is 0.117. The standard InChI is InChI=1S/C8H3BrClFN2O/c9-8-13-12-7(14-8)5-2-1-4(10)3-6(5)11/h1-3H. The number of nitrogens with zero attached hydrogens (tertiary/aromatic N) is 2. The number of hydrogen-bond donors (Lipinski definition) is 0. The number of aromatic nitrogens is 2. The number of rotatable bonds is 1. The van der Waals surface area contributed by atoms with Gasteiger partial charge in [0, 0.05) is 21.0 Å². The first-order valence-electron chi connectivity index (χ1n) is 3.61. The van der Waals surface area contributed by atoms with Gasteiger partial charge in [-0.15, -0.1) is 10.2 Å². The summed E-state index contributed by atoms with van der Waals surface area (Å²) in [5, 5.41) is 7.51. The fourth-order valence-corrected chi connectivity index (χ4v) is 1.37. The molecule has 2 aromatic rings. The fourth-order valence-electron chi connectivity index (χ4n) is 0.977. The van der Waals surface area contributed by atoms with Crippen molar-refractivity contribution in [2.75, 3.05) is 0 Å². The highest BCUT2D eigenvalue weighted by Crippen LogP contribution is 2.25. The Morgan fingerprint density at radius 2 is 2.14 bits per heavy atom. The van der Waals surface area contributed by atoms with Crippen molar-refractivity contribution in [2.24, 2.45) is 0 Å². The molecule has 0 aliphatic rings. The zero-order valence-corrected chi connectivity index (χ0v) is 9.01. The van der Waals surface area contributed by atoms with Gasteiger partial charge in [0.1, 0.15) is 5.82 Å². The van der Waals surface area contributed by atoms with E-state index in [1.165, 1.54) is 12.1 Å². The van der Waals surface area contributed by atoms with Crippen LogP contribution in [0.3, 0.4) is 0 Å². The third-order valence-corrected chi connectivity index (χ3v) is 2.12. The van der Waals surface area contributed by atoms with Gasteiger partial charge in [-0.1, -0.05) is 11.6 Å². The molecule has 0 radical (unpaired) electrons. The van der Waals surface area contributed by atoms with Crippen LogP contribution in [-0.4, -0.2) is 10.2 Å². The summed E-state index contributed by atoms with van der Waals surface area (Å²) in [6.45, 7) is 0. The Morgan fingerprint density at radius 3 is 2.71 bits per heavy atom. The van der Waals surface area contributed by atoms with Gasteiger partial charge in [-0.25, -0.2) is 4.39 Å². The van der Waals surface area contributed by atoms with Gasteiger partial charge in [0.25, 0.3) is 10.7 Å². The lowest BCUT2D eigenvalue weighted by Gasteiger charge is -1.96. The van der Waals surface area contributed by atoms with Gasteiger partial charge in [0.15, 0.2) is 0 Å². The molecule has 0 N–H and O–H groups in total. The average Bonchev–Trinajstić information content (AvgIpc) is 2.51. The molecule has 1 heterocycles. The number of benzene rings is 1. The normalized spacial score (nSPS) is 10.5. The first-order chi connectivity index (χ1) is 6.66. The maximum absolute atomic E-state index is 13.3. The molecule has 14 heavy (non-hydrogen) atoms. The van der Waals surface area contributed by atoms with Crippen molar-refractivity contribution >= 4 is 27.5 Å². The van der Waals surface area contributed by atoms with E-state index in [0.717, 1.165) is 0 Å². The van der Waals surface area contributed by atoms with Crippen LogP contribution in [0.2, 0.25) is 5.02 Å². The quantitative estimate of drug-likeness (QED) is 0.803. The van der Waals surface area contributed by atoms with Crippen LogP contribution in [0.1, 0.15) is 0 Å². The third kappa shape index (κ3) is 1.78. The summed E-state index contributed by atoms with van der Waals surface area (Å²) < 4.78 is 18.3. The van der Waals surface area contributed by atoms with Gasteiger partial charge in [0.05, 0.1) is 5.56 Å². The van der Waals surface area contributed by atoms with Crippen molar-refractivity contribution in [1.82, 2.24) is 10.2 Å². The van der Waals surface area contributed by atoms with Gasteiger partial charge in [0.2, 0.25) is 0 Å². The molecule has 3 nitrogen and oxygen atoms in total. The van der Waals surface area contributed by atoms with Gasteiger partial charge in [-0.2, -0.15) is 0 Å². The van der Waals surface area contributed by atoms with Gasteiger partial charge in [-0.05, 0) is 18.2 Å². The van der Waals surface area contributed by atoms with Crippen LogP contribution in [-0.2, 0) is 0 Å². The summed E-state index contributed by atoms with van der Waals surface area (Å²) in [4.78, 5) is 0.210. The Labute approximate surface area is 92.0 Å². The summed E-state index contributed by atoms with van der Waals surface area (Å²) >= 11 is 8.57. The van der Waals surface area contributed by atoms with Crippen LogP contribution < -0.4 is 0 Å². The second-order valence-corrected chi connectivity index (χ2v) is 3.60. The molecule has 0 atom stereocenters. The Morgan fingerprint density at radius 1 is 1.36 bits per heavy atom. The first kappa shape index (κ1) is 9.61. The molecule has 0 unspecified atom stereocenters. The van der Waals surface area contributed by atoms with E-state index in [4.69, 9.17) is 16.0 Å². The molecular formula is C8H3BrClFN2O. The lowest BCUT2D eigenvalue weighted by atomic mass is 10.2. The molecule has 0 saturated heterocycles. The summed E-state index contributed by atoms with van der Waals surface area (Å²) in [5.74, 6) is -0.375. The highest BCUT2D eigenvalue weighted by Gasteiger charge is 2.11. The van der Waals surface area contributed by atoms with Crippen molar-refractivity contribution in [1.29, 1.82) is 0 Å². The predicted molar refractivity (Wildman–Crippen MR) is 52.4 cm³/mol. The molecule has 0 aliphatic carbocycles. The van der Waals surface area contributed by atoms with Crippen LogP contribution >= 0.6 is 27.5 Å². The first-order valence-corrected chi connectivity index (χ1v) is 4.78. The smallest absolute Gasteiger partial charge is 0.285 e. The van der Waals surface area contributed by atoms with Crippen LogP contribution in [0, 0.1) is 5.82 Å². The van der Waals surface area contributed by atoms with Crippen molar-refractivity contribution < 1.29 is 8.81 Å². The van der Waals surface area contributed by atoms with E-state index in [1.807, 2.05) is 0 Å². The minimum atomic E-state index is -0.492. The lowest BCUT2D eigenvalue weighted by molar-refractivity contribution is 0.533. The molecule has 0 spiro atoms. The highest BCUT2D eigenvalue weighted by atomic mass is 79.9. The Bertz CT molecular complexity index is 474. The van der Waals surface area contributed by atoms with Crippen molar-refractivity contribution in [3.63, 3.8) is 0 Å². The average molecular weight is 277 g/mol. The summed E-state index contributed by atoms with van der Waals surface area (Å²) in [6, 6.07) is 4.23. The Balaban J connectivity index is 2.52. The molecule has 0 aliphatic heterocycles. The Hall–Kier alpha value is -0.940. The maximum atomic E-state index is 13.3. The van der Waals surface area contributed by atoms with E-state index in [9.17, 15) is 4.39 Å². The van der Waals surface area contributed by atoms with Crippen LogP contribution in [0.5, 0.6) is 0 Å². The highest BCUT2D eigenvalue weighted by molar-refractivity contribution is 9.10. The van der Waals surface area contributed by atoms with Crippen molar-refractivity contribution in [3.05, 3.63) is 33.8 Å². The van der Waals surface area contributed by atoms with Crippen LogP contribution in [0.25, 0.3) is 11.5 Å². The van der Waals surface area contributed by atoms with Crippen LogP contribution in [0.15, 0.2) is 27.4 Å². The molecule has 6 heteroatoms. The molecule has 1 aromatic carbocycles. The minimum Gasteiger partial charge on any atom is -0.411 e. The Kier molecular flexibility index (Phi) is 2.52. The maximum Gasteiger partial charge on any atom is 0.285 e. The molecular weight excluding hydrogens is 274 g/mol. The van der Waals surface area contributed by atoms with Gasteiger partial charge in [-0.3, -0.25) is 0 Å². The molecule has 0 saturated carbocycles. The van der Waals surface area contributed by atoms with Crippen molar-refractivity contribution in [3.8, 4) is 11.5 Å². The van der Waals surface area contributed by atoms with Gasteiger partial charge >= 0.3 is 0 Å². The summed E-state index contributed by atoms with van der Waals surface area (Å²) in [6.07, 6.45) is 0. The molecule has 0 amide bonds. The lowest BCUT2D eigenvalue weighted by Crippen LogP contribution is -1.84. The number of hydrogen-bond acceptors (Lipinski definition) is 3. The zero-order valence-electron chi connectivity index (χ0n) is 6.67. The second-order valence-electron chi connectivity index (χ2n) is 2.48. The fraction of sp³-hybridized carbons (Fsp3) is 0. The summed E-state index contributed by atoms with van der Waals surface area (Å²) in [7, 11) is 0. The molecule has 0 fully saturated rings. The van der Waals surface area contributed by atoms with E-state index in [2.05, 4.69) is 26.1 Å². The topological polar surface area (TPSA) is 38.9 Å². The molecule has 2 rings (SSSR count). The van der Waals surface area contributed by atoms with Gasteiger partial charge < -0.3 is 4.42 Å². The van der Waals surface area contributed by atoms with E-state index >= 15 is 0 Å². The molecule has 72 valence electrons. The zero-order chi connectivity index (χ0) is 10.1. The summed E-state index contributed by atoms with van der Waals surface area (Å²) in [5.41, 5.74) is 0.229. The van der Waals surface area contributed by atoms with Crippen molar-refractivity contribution in [2.45, 2.75) is 0 Å². The third-order valence-electron chi connectivity index (χ3n) is 1.56. The van der Waals surface area contributed by atoms with E-state index < -0.39 is 5.82 Å². The monoisotopic (exact) mass is 276 g/mol. The molecule has 0 bridgehead atoms. The SMILES string of the molecule is Fc1cc(Cl)ccc1-c1nnc(Br)o1.